The maximum absolute atomic E-state index is 11.7. The van der Waals surface area contributed by atoms with Crippen molar-refractivity contribution >= 4 is 17.5 Å². The Balaban J connectivity index is 2.74. The van der Waals surface area contributed by atoms with E-state index in [1.807, 2.05) is 0 Å². The Hall–Kier alpha value is -2.37. The number of aliphatic hydroxyl groups excluding tert-OH is 1. The van der Waals surface area contributed by atoms with Crippen molar-refractivity contribution in [3.63, 3.8) is 0 Å². The molecule has 1 N–H and O–H groups in total. The van der Waals surface area contributed by atoms with E-state index in [1.165, 1.54) is 24.5 Å². The molecule has 0 saturated heterocycles. The summed E-state index contributed by atoms with van der Waals surface area (Å²) in [7, 11) is 0. The molecule has 7 nitrogen and oxygen atoms in total. The molecule has 0 saturated carbocycles. The van der Waals surface area contributed by atoms with Gasteiger partial charge in [-0.05, 0) is 24.6 Å². The maximum Gasteiger partial charge on any atom is 0.441 e. The number of ketones is 1. The summed E-state index contributed by atoms with van der Waals surface area (Å²) < 4.78 is 4.56. The summed E-state index contributed by atoms with van der Waals surface area (Å²) in [6, 6.07) is 3.08. The van der Waals surface area contributed by atoms with E-state index in [1.54, 1.807) is 6.92 Å². The van der Waals surface area contributed by atoms with Gasteiger partial charge in [0.05, 0.1) is 12.7 Å². The third kappa shape index (κ3) is 4.09. The van der Waals surface area contributed by atoms with E-state index in [0.29, 0.717) is 5.56 Å². The normalized spacial score (nSPS) is 11.3. The number of rotatable bonds is 6. The van der Waals surface area contributed by atoms with Gasteiger partial charge in [0, 0.05) is 18.8 Å². The van der Waals surface area contributed by atoms with Gasteiger partial charge in [-0.15, -0.1) is 0 Å². The molecular formula is C12H13N3O4. The lowest BCUT2D eigenvalue weighted by molar-refractivity contribution is -0.142. The van der Waals surface area contributed by atoms with Crippen LogP contribution in [-0.2, 0) is 14.3 Å². The Morgan fingerprint density at radius 2 is 2.11 bits per heavy atom. The van der Waals surface area contributed by atoms with Crippen LogP contribution in [0.5, 0.6) is 0 Å². The monoisotopic (exact) mass is 263 g/mol. The van der Waals surface area contributed by atoms with Gasteiger partial charge in [0.1, 0.15) is 0 Å². The van der Waals surface area contributed by atoms with Crippen LogP contribution in [0.4, 0.5) is 0 Å². The molecular weight excluding hydrogens is 250 g/mol. The summed E-state index contributed by atoms with van der Waals surface area (Å²) in [5.74, 6) is -1.82. The first-order chi connectivity index (χ1) is 9.10. The minimum Gasteiger partial charge on any atom is -0.457 e. The van der Waals surface area contributed by atoms with Crippen molar-refractivity contribution in [3.8, 4) is 0 Å². The summed E-state index contributed by atoms with van der Waals surface area (Å²) >= 11 is 0. The minimum absolute atomic E-state index is 0.0536. The Morgan fingerprint density at radius 3 is 2.63 bits per heavy atom. The van der Waals surface area contributed by atoms with Crippen molar-refractivity contribution in [2.45, 2.75) is 19.4 Å². The van der Waals surface area contributed by atoms with Gasteiger partial charge < -0.3 is 15.4 Å². The molecule has 0 aliphatic heterocycles. The first-order valence-corrected chi connectivity index (χ1v) is 5.60. The molecule has 1 aromatic rings. The second-order valence-corrected chi connectivity index (χ2v) is 3.59. The SMILES string of the molecule is CCOC(=O)C(=[N+]=[N-])C(=O)CC(O)c1ccncc1. The summed E-state index contributed by atoms with van der Waals surface area (Å²) in [6.07, 6.45) is 1.44. The zero-order chi connectivity index (χ0) is 14.3. The van der Waals surface area contributed by atoms with E-state index < -0.39 is 23.6 Å². The molecule has 0 aliphatic rings. The predicted octanol–water partition coefficient (Wildman–Crippen LogP) is 0.308. The Kier molecular flexibility index (Phi) is 5.53. The molecule has 0 radical (unpaired) electrons. The number of carbonyl (C=O) groups excluding carboxylic acids is 2. The third-order valence-corrected chi connectivity index (χ3v) is 2.30. The molecule has 1 rings (SSSR count). The van der Waals surface area contributed by atoms with E-state index in [0.717, 1.165) is 0 Å². The molecule has 1 unspecified atom stereocenters. The van der Waals surface area contributed by atoms with Gasteiger partial charge in [0.25, 0.3) is 5.78 Å². The molecule has 100 valence electrons. The summed E-state index contributed by atoms with van der Waals surface area (Å²) in [5, 5.41) is 9.81. The van der Waals surface area contributed by atoms with E-state index >= 15 is 0 Å². The number of aromatic nitrogens is 1. The largest absolute Gasteiger partial charge is 0.457 e. The fraction of sp³-hybridized carbons (Fsp3) is 0.333. The number of nitrogens with zero attached hydrogens (tertiary/aromatic N) is 3. The molecule has 1 heterocycles. The summed E-state index contributed by atoms with van der Waals surface area (Å²) in [4.78, 5) is 29.4. The average Bonchev–Trinajstić information content (AvgIpc) is 2.40. The van der Waals surface area contributed by atoms with Gasteiger partial charge >= 0.3 is 11.7 Å². The van der Waals surface area contributed by atoms with E-state index in [-0.39, 0.29) is 13.0 Å². The second-order valence-electron chi connectivity index (χ2n) is 3.59. The van der Waals surface area contributed by atoms with Gasteiger partial charge in [0.15, 0.2) is 0 Å². The number of esters is 1. The van der Waals surface area contributed by atoms with Crippen molar-refractivity contribution in [1.82, 2.24) is 4.98 Å². The van der Waals surface area contributed by atoms with Crippen LogP contribution in [0.3, 0.4) is 0 Å². The van der Waals surface area contributed by atoms with Gasteiger partial charge in [-0.25, -0.2) is 4.79 Å². The lowest BCUT2D eigenvalue weighted by Crippen LogP contribution is -2.28. The van der Waals surface area contributed by atoms with Gasteiger partial charge in [0.2, 0.25) is 0 Å². The van der Waals surface area contributed by atoms with Crippen molar-refractivity contribution in [2.24, 2.45) is 0 Å². The van der Waals surface area contributed by atoms with Crippen LogP contribution in [0.15, 0.2) is 24.5 Å². The fourth-order valence-electron chi connectivity index (χ4n) is 1.39. The van der Waals surface area contributed by atoms with Crippen LogP contribution in [0.1, 0.15) is 25.0 Å². The zero-order valence-corrected chi connectivity index (χ0v) is 10.3. The fourth-order valence-corrected chi connectivity index (χ4v) is 1.39. The van der Waals surface area contributed by atoms with E-state index in [4.69, 9.17) is 5.53 Å². The highest BCUT2D eigenvalue weighted by Gasteiger charge is 2.32. The Morgan fingerprint density at radius 1 is 1.47 bits per heavy atom. The predicted molar refractivity (Wildman–Crippen MR) is 64.1 cm³/mol. The Bertz CT molecular complexity index is 509. The van der Waals surface area contributed by atoms with Crippen LogP contribution < -0.4 is 0 Å². The topological polar surface area (TPSA) is 113 Å². The van der Waals surface area contributed by atoms with Crippen LogP contribution in [0.2, 0.25) is 0 Å². The second kappa shape index (κ2) is 7.15. The van der Waals surface area contributed by atoms with Crippen molar-refractivity contribution in [3.05, 3.63) is 35.6 Å². The molecule has 0 spiro atoms. The number of carbonyl (C=O) groups is 2. The van der Waals surface area contributed by atoms with Crippen molar-refractivity contribution < 1.29 is 24.2 Å². The first kappa shape index (κ1) is 14.7. The number of hydrogen-bond acceptors (Lipinski definition) is 5. The molecule has 0 aliphatic carbocycles. The zero-order valence-electron chi connectivity index (χ0n) is 10.3. The third-order valence-electron chi connectivity index (χ3n) is 2.30. The quantitative estimate of drug-likeness (QED) is 0.261. The molecule has 1 aromatic heterocycles. The van der Waals surface area contributed by atoms with Gasteiger partial charge in [-0.2, -0.15) is 4.79 Å². The van der Waals surface area contributed by atoms with Crippen LogP contribution in [0, 0.1) is 0 Å². The van der Waals surface area contributed by atoms with E-state index in [2.05, 4.69) is 14.5 Å². The van der Waals surface area contributed by atoms with Gasteiger partial charge in [-0.3, -0.25) is 9.78 Å². The maximum atomic E-state index is 11.7. The number of aliphatic hydroxyl groups is 1. The number of ether oxygens (including phenoxy) is 1. The number of hydrogen-bond donors (Lipinski definition) is 1. The average molecular weight is 263 g/mol. The molecule has 0 aromatic carbocycles. The molecule has 19 heavy (non-hydrogen) atoms. The summed E-state index contributed by atoms with van der Waals surface area (Å²) in [6.45, 7) is 1.61. The van der Waals surface area contributed by atoms with Crippen molar-refractivity contribution in [2.75, 3.05) is 6.61 Å². The molecule has 7 heteroatoms. The highest BCUT2D eigenvalue weighted by Crippen LogP contribution is 2.15. The molecule has 0 amide bonds. The van der Waals surface area contributed by atoms with Crippen LogP contribution >= 0.6 is 0 Å². The smallest absolute Gasteiger partial charge is 0.441 e. The highest BCUT2D eigenvalue weighted by atomic mass is 16.5. The van der Waals surface area contributed by atoms with Gasteiger partial charge in [-0.1, -0.05) is 0 Å². The molecule has 0 bridgehead atoms. The van der Waals surface area contributed by atoms with Crippen LogP contribution in [0.25, 0.3) is 5.53 Å². The van der Waals surface area contributed by atoms with Crippen LogP contribution in [-0.4, -0.2) is 39.0 Å². The van der Waals surface area contributed by atoms with E-state index in [9.17, 15) is 14.7 Å². The standard InChI is InChI=1S/C12H13N3O4/c1-2-19-12(18)11(15-13)10(17)7-9(16)8-3-5-14-6-4-8/h3-6,9,16H,2,7H2,1H3. The summed E-state index contributed by atoms with van der Waals surface area (Å²) in [5.41, 5.74) is 8.40. The lowest BCUT2D eigenvalue weighted by Gasteiger charge is -2.07. The number of Topliss-reactive ketones (excluding diaryl/α,β-unsaturated/α-hetero) is 1. The highest BCUT2D eigenvalue weighted by molar-refractivity contribution is 6.62. The minimum atomic E-state index is -1.11. The number of pyridine rings is 1. The lowest BCUT2D eigenvalue weighted by atomic mass is 10.0. The molecule has 1 atom stereocenters. The Labute approximate surface area is 109 Å². The molecule has 0 fully saturated rings. The first-order valence-electron chi connectivity index (χ1n) is 5.60. The van der Waals surface area contributed by atoms with Crippen molar-refractivity contribution in [1.29, 1.82) is 0 Å².